The minimum Gasteiger partial charge on any atom is -0.299 e. The Balaban J connectivity index is 1.66. The summed E-state index contributed by atoms with van der Waals surface area (Å²) in [5.41, 5.74) is 1.76. The van der Waals surface area contributed by atoms with Crippen molar-refractivity contribution in [1.29, 1.82) is 0 Å². The van der Waals surface area contributed by atoms with Gasteiger partial charge in [-0.25, -0.2) is 5.90 Å². The average Bonchev–Trinajstić information content (AvgIpc) is 2.98. The molecular formula is C13H18N2O. The minimum absolute atomic E-state index is 0.246. The van der Waals surface area contributed by atoms with Gasteiger partial charge in [-0.2, -0.15) is 0 Å². The highest BCUT2D eigenvalue weighted by molar-refractivity contribution is 5.16. The number of nitrogens with zero attached hydrogens (tertiary/aromatic N) is 1. The molecule has 0 bridgehead atoms. The van der Waals surface area contributed by atoms with Gasteiger partial charge in [0.1, 0.15) is 0 Å². The Morgan fingerprint density at radius 1 is 1.31 bits per heavy atom. The third-order valence-electron chi connectivity index (χ3n) is 3.95. The molecule has 0 aromatic heterocycles. The average molecular weight is 218 g/mol. The van der Waals surface area contributed by atoms with Gasteiger partial charge in [0.05, 0.1) is 6.10 Å². The van der Waals surface area contributed by atoms with Crippen molar-refractivity contribution in [2.45, 2.75) is 25.5 Å². The Morgan fingerprint density at radius 2 is 2.06 bits per heavy atom. The van der Waals surface area contributed by atoms with Crippen molar-refractivity contribution in [2.24, 2.45) is 11.3 Å². The Hall–Kier alpha value is -0.900. The molecule has 0 radical (unpaired) electrons. The Bertz CT molecular complexity index is 361. The van der Waals surface area contributed by atoms with Crippen molar-refractivity contribution in [3.63, 3.8) is 0 Å². The third-order valence-corrected chi connectivity index (χ3v) is 3.95. The molecule has 1 saturated carbocycles. The lowest BCUT2D eigenvalue weighted by Crippen LogP contribution is -2.27. The summed E-state index contributed by atoms with van der Waals surface area (Å²) >= 11 is 0. The molecule has 1 unspecified atom stereocenters. The molecular weight excluding hydrogens is 200 g/mol. The zero-order valence-electron chi connectivity index (χ0n) is 9.43. The lowest BCUT2D eigenvalue weighted by atomic mass is 10.0. The monoisotopic (exact) mass is 218 g/mol. The van der Waals surface area contributed by atoms with Gasteiger partial charge in [0.15, 0.2) is 0 Å². The van der Waals surface area contributed by atoms with E-state index in [1.807, 2.05) is 0 Å². The molecule has 3 nitrogen and oxygen atoms in total. The second-order valence-corrected chi connectivity index (χ2v) is 5.14. The van der Waals surface area contributed by atoms with Crippen LogP contribution in [-0.2, 0) is 11.4 Å². The highest BCUT2D eigenvalue weighted by Crippen LogP contribution is 2.53. The zero-order valence-corrected chi connectivity index (χ0v) is 9.43. The van der Waals surface area contributed by atoms with Gasteiger partial charge in [0, 0.05) is 25.0 Å². The number of hydrogen-bond donors (Lipinski definition) is 1. The topological polar surface area (TPSA) is 38.5 Å². The van der Waals surface area contributed by atoms with Crippen LogP contribution in [0.4, 0.5) is 0 Å². The van der Waals surface area contributed by atoms with Crippen LogP contribution in [0.1, 0.15) is 18.4 Å². The molecule has 1 aromatic carbocycles. The predicted molar refractivity (Wildman–Crippen MR) is 62.4 cm³/mol. The fraction of sp³-hybridized carbons (Fsp3) is 0.538. The Labute approximate surface area is 96.1 Å². The van der Waals surface area contributed by atoms with E-state index in [2.05, 4.69) is 35.2 Å². The van der Waals surface area contributed by atoms with Gasteiger partial charge in [0.25, 0.3) is 0 Å². The molecule has 1 atom stereocenters. The Kier molecular flexibility index (Phi) is 2.46. The second kappa shape index (κ2) is 3.84. The van der Waals surface area contributed by atoms with Crippen molar-refractivity contribution in [2.75, 3.05) is 13.1 Å². The van der Waals surface area contributed by atoms with Crippen molar-refractivity contribution in [1.82, 2.24) is 4.90 Å². The van der Waals surface area contributed by atoms with Gasteiger partial charge in [0.2, 0.25) is 0 Å². The molecule has 1 heterocycles. The summed E-state index contributed by atoms with van der Waals surface area (Å²) in [5.74, 6) is 5.38. The van der Waals surface area contributed by atoms with Gasteiger partial charge in [-0.15, -0.1) is 0 Å². The number of rotatable bonds is 3. The molecule has 2 aliphatic rings. The quantitative estimate of drug-likeness (QED) is 0.782. The number of likely N-dealkylation sites (tertiary alicyclic amines) is 1. The van der Waals surface area contributed by atoms with Crippen LogP contribution >= 0.6 is 0 Å². The van der Waals surface area contributed by atoms with Crippen LogP contribution < -0.4 is 5.90 Å². The fourth-order valence-electron chi connectivity index (χ4n) is 2.83. The maximum absolute atomic E-state index is 5.38. The summed E-state index contributed by atoms with van der Waals surface area (Å²) in [5, 5.41) is 0. The second-order valence-electron chi connectivity index (χ2n) is 5.14. The van der Waals surface area contributed by atoms with Crippen LogP contribution in [0.5, 0.6) is 0 Å². The normalized spacial score (nSPS) is 27.4. The maximum Gasteiger partial charge on any atom is 0.0982 e. The number of hydrogen-bond acceptors (Lipinski definition) is 3. The summed E-state index contributed by atoms with van der Waals surface area (Å²) in [6, 6.07) is 10.6. The van der Waals surface area contributed by atoms with Gasteiger partial charge < -0.3 is 0 Å². The SMILES string of the molecule is NOC1CN(Cc2ccccc2)CC12CC2. The molecule has 1 aliphatic carbocycles. The molecule has 2 fully saturated rings. The lowest BCUT2D eigenvalue weighted by Gasteiger charge is -2.14. The van der Waals surface area contributed by atoms with E-state index in [9.17, 15) is 0 Å². The lowest BCUT2D eigenvalue weighted by molar-refractivity contribution is 0.0258. The van der Waals surface area contributed by atoms with Crippen LogP contribution in [-0.4, -0.2) is 24.1 Å². The summed E-state index contributed by atoms with van der Waals surface area (Å²) in [7, 11) is 0. The molecule has 86 valence electrons. The zero-order chi connectivity index (χ0) is 11.0. The summed E-state index contributed by atoms with van der Waals surface area (Å²) in [4.78, 5) is 7.57. The van der Waals surface area contributed by atoms with E-state index in [1.165, 1.54) is 18.4 Å². The first-order chi connectivity index (χ1) is 7.82. The van der Waals surface area contributed by atoms with Gasteiger partial charge in [-0.1, -0.05) is 30.3 Å². The van der Waals surface area contributed by atoms with Crippen LogP contribution in [0.25, 0.3) is 0 Å². The van der Waals surface area contributed by atoms with E-state index in [4.69, 9.17) is 10.7 Å². The Morgan fingerprint density at radius 3 is 2.62 bits per heavy atom. The fourth-order valence-corrected chi connectivity index (χ4v) is 2.83. The molecule has 0 amide bonds. The molecule has 3 heteroatoms. The van der Waals surface area contributed by atoms with E-state index < -0.39 is 0 Å². The molecule has 1 aliphatic heterocycles. The summed E-state index contributed by atoms with van der Waals surface area (Å²) in [6.45, 7) is 3.14. The first-order valence-electron chi connectivity index (χ1n) is 5.94. The number of nitrogens with two attached hydrogens (primary N) is 1. The minimum atomic E-state index is 0.246. The number of benzene rings is 1. The van der Waals surface area contributed by atoms with Crippen LogP contribution in [0.2, 0.25) is 0 Å². The molecule has 1 spiro atoms. The van der Waals surface area contributed by atoms with Crippen molar-refractivity contribution >= 4 is 0 Å². The van der Waals surface area contributed by atoms with Crippen molar-refractivity contribution in [3.05, 3.63) is 35.9 Å². The van der Waals surface area contributed by atoms with Gasteiger partial charge in [-0.05, 0) is 18.4 Å². The van der Waals surface area contributed by atoms with Crippen molar-refractivity contribution < 1.29 is 4.84 Å². The van der Waals surface area contributed by atoms with E-state index in [-0.39, 0.29) is 6.10 Å². The van der Waals surface area contributed by atoms with Crippen molar-refractivity contribution in [3.8, 4) is 0 Å². The van der Waals surface area contributed by atoms with Gasteiger partial charge >= 0.3 is 0 Å². The highest BCUT2D eigenvalue weighted by Gasteiger charge is 2.55. The van der Waals surface area contributed by atoms with Crippen LogP contribution in [0.15, 0.2) is 30.3 Å². The van der Waals surface area contributed by atoms with Gasteiger partial charge in [-0.3, -0.25) is 9.74 Å². The predicted octanol–water partition coefficient (Wildman–Crippen LogP) is 1.54. The summed E-state index contributed by atoms with van der Waals surface area (Å²) in [6.07, 6.45) is 2.80. The van der Waals surface area contributed by atoms with E-state index in [0.717, 1.165) is 19.6 Å². The van der Waals surface area contributed by atoms with E-state index >= 15 is 0 Å². The first-order valence-corrected chi connectivity index (χ1v) is 5.94. The molecule has 1 saturated heterocycles. The van der Waals surface area contributed by atoms with Crippen LogP contribution in [0.3, 0.4) is 0 Å². The highest BCUT2D eigenvalue weighted by atomic mass is 16.6. The third kappa shape index (κ3) is 1.75. The summed E-state index contributed by atoms with van der Waals surface area (Å²) < 4.78 is 0. The molecule has 3 rings (SSSR count). The van der Waals surface area contributed by atoms with Crippen LogP contribution in [0, 0.1) is 5.41 Å². The standard InChI is InChI=1S/C13H18N2O/c14-16-12-9-15(10-13(12)6-7-13)8-11-4-2-1-3-5-11/h1-5,12H,6-10,14H2. The largest absolute Gasteiger partial charge is 0.299 e. The molecule has 16 heavy (non-hydrogen) atoms. The van der Waals surface area contributed by atoms with E-state index in [0.29, 0.717) is 5.41 Å². The maximum atomic E-state index is 5.38. The smallest absolute Gasteiger partial charge is 0.0982 e. The molecule has 1 aromatic rings. The first kappa shape index (κ1) is 10.3. The molecule has 2 N–H and O–H groups in total. The van der Waals surface area contributed by atoms with E-state index in [1.54, 1.807) is 0 Å².